The van der Waals surface area contributed by atoms with Gasteiger partial charge < -0.3 is 0 Å². The van der Waals surface area contributed by atoms with Crippen molar-refractivity contribution in [1.82, 2.24) is 0 Å². The molecule has 0 N–H and O–H groups in total. The van der Waals surface area contributed by atoms with E-state index in [0.717, 1.165) is 38.5 Å². The molecule has 0 aromatic carbocycles. The Morgan fingerprint density at radius 1 is 1.29 bits per heavy atom. The molecule has 0 saturated carbocycles. The first-order valence-electron chi connectivity index (χ1n) is 7.33. The normalized spacial score (nSPS) is 20.1. The fraction of sp³-hybridized carbons (Fsp3) is 0.867. The van der Waals surface area contributed by atoms with E-state index in [1.54, 1.807) is 0 Å². The molecule has 0 spiro atoms. The minimum absolute atomic E-state index is 0.423. The number of unbranched alkanes of at least 4 members (excludes halogenated alkanes) is 1. The van der Waals surface area contributed by atoms with Crippen molar-refractivity contribution in [3.63, 3.8) is 0 Å². The van der Waals surface area contributed by atoms with Gasteiger partial charge in [-0.3, -0.25) is 9.79 Å². The SMILES string of the molecule is CCCCC(=O)CCC1=NC(CCC)CCC1. The topological polar surface area (TPSA) is 29.4 Å². The molecule has 2 heteroatoms. The van der Waals surface area contributed by atoms with Gasteiger partial charge in [-0.1, -0.05) is 26.7 Å². The smallest absolute Gasteiger partial charge is 0.133 e. The third-order valence-electron chi connectivity index (χ3n) is 3.49. The van der Waals surface area contributed by atoms with Crippen LogP contribution in [0.4, 0.5) is 0 Å². The van der Waals surface area contributed by atoms with Gasteiger partial charge in [0.2, 0.25) is 0 Å². The molecule has 0 bridgehead atoms. The molecule has 0 aromatic rings. The summed E-state index contributed by atoms with van der Waals surface area (Å²) >= 11 is 0. The highest BCUT2D eigenvalue weighted by Gasteiger charge is 2.14. The van der Waals surface area contributed by atoms with Crippen LogP contribution in [0.25, 0.3) is 0 Å². The van der Waals surface area contributed by atoms with E-state index in [4.69, 9.17) is 4.99 Å². The first kappa shape index (κ1) is 14.4. The lowest BCUT2D eigenvalue weighted by atomic mass is 9.96. The molecule has 1 unspecified atom stereocenters. The number of hydrogen-bond acceptors (Lipinski definition) is 2. The molecule has 1 atom stereocenters. The molecule has 98 valence electrons. The van der Waals surface area contributed by atoms with Gasteiger partial charge in [0.1, 0.15) is 5.78 Å². The zero-order chi connectivity index (χ0) is 12.5. The Kier molecular flexibility index (Phi) is 7.14. The van der Waals surface area contributed by atoms with Gasteiger partial charge in [0, 0.05) is 24.6 Å². The standard InChI is InChI=1S/C15H27NO/c1-3-5-10-15(17)12-11-14-9-6-8-13(16-14)7-4-2/h13H,3-12H2,1-2H3. The van der Waals surface area contributed by atoms with Crippen LogP contribution in [-0.2, 0) is 4.79 Å². The summed E-state index contributed by atoms with van der Waals surface area (Å²) in [5.74, 6) is 0.423. The van der Waals surface area contributed by atoms with E-state index < -0.39 is 0 Å². The quantitative estimate of drug-likeness (QED) is 0.618. The van der Waals surface area contributed by atoms with Crippen LogP contribution >= 0.6 is 0 Å². The Hall–Kier alpha value is -0.660. The van der Waals surface area contributed by atoms with Crippen molar-refractivity contribution < 1.29 is 4.79 Å². The highest BCUT2D eigenvalue weighted by Crippen LogP contribution is 2.19. The molecule has 1 aliphatic rings. The van der Waals surface area contributed by atoms with Crippen LogP contribution in [0, 0.1) is 0 Å². The summed E-state index contributed by atoms with van der Waals surface area (Å²) in [7, 11) is 0. The Balaban J connectivity index is 2.27. The molecule has 0 aliphatic carbocycles. The number of carbonyl (C=O) groups is 1. The number of Topliss-reactive ketones (excluding diaryl/α,β-unsaturated/α-hetero) is 1. The van der Waals surface area contributed by atoms with Crippen molar-refractivity contribution in [3.8, 4) is 0 Å². The Morgan fingerprint density at radius 2 is 2.12 bits per heavy atom. The molecule has 0 radical (unpaired) electrons. The minimum atomic E-state index is 0.423. The average Bonchev–Trinajstić information content (AvgIpc) is 2.35. The van der Waals surface area contributed by atoms with Gasteiger partial charge in [0.25, 0.3) is 0 Å². The molecule has 0 saturated heterocycles. The van der Waals surface area contributed by atoms with Crippen LogP contribution in [-0.4, -0.2) is 17.5 Å². The maximum Gasteiger partial charge on any atom is 0.133 e. The van der Waals surface area contributed by atoms with Gasteiger partial charge in [-0.05, 0) is 38.5 Å². The molecule has 0 aromatic heterocycles. The molecule has 17 heavy (non-hydrogen) atoms. The lowest BCUT2D eigenvalue weighted by molar-refractivity contribution is -0.119. The van der Waals surface area contributed by atoms with Crippen LogP contribution in [0.2, 0.25) is 0 Å². The summed E-state index contributed by atoms with van der Waals surface area (Å²) in [5.41, 5.74) is 1.31. The van der Waals surface area contributed by atoms with Crippen molar-refractivity contribution in [2.45, 2.75) is 84.1 Å². The third kappa shape index (κ3) is 5.99. The number of ketones is 1. The van der Waals surface area contributed by atoms with E-state index in [1.165, 1.54) is 31.4 Å². The summed E-state index contributed by atoms with van der Waals surface area (Å²) in [6.45, 7) is 4.35. The molecule has 0 fully saturated rings. The number of hydrogen-bond donors (Lipinski definition) is 0. The zero-order valence-corrected chi connectivity index (χ0v) is 11.5. The second-order valence-electron chi connectivity index (χ2n) is 5.17. The van der Waals surface area contributed by atoms with Crippen LogP contribution in [0.5, 0.6) is 0 Å². The van der Waals surface area contributed by atoms with E-state index in [9.17, 15) is 4.79 Å². The van der Waals surface area contributed by atoms with Gasteiger partial charge in [0.15, 0.2) is 0 Å². The second kappa shape index (κ2) is 8.43. The van der Waals surface area contributed by atoms with Crippen molar-refractivity contribution >= 4 is 11.5 Å². The Labute approximate surface area is 106 Å². The van der Waals surface area contributed by atoms with Crippen molar-refractivity contribution in [2.24, 2.45) is 4.99 Å². The Bertz CT molecular complexity index is 258. The van der Waals surface area contributed by atoms with E-state index in [0.29, 0.717) is 11.8 Å². The molecule has 0 amide bonds. The molecule has 1 aliphatic heterocycles. The number of rotatable bonds is 8. The third-order valence-corrected chi connectivity index (χ3v) is 3.49. The van der Waals surface area contributed by atoms with E-state index in [2.05, 4.69) is 13.8 Å². The van der Waals surface area contributed by atoms with Gasteiger partial charge in [-0.2, -0.15) is 0 Å². The highest BCUT2D eigenvalue weighted by molar-refractivity contribution is 5.89. The van der Waals surface area contributed by atoms with Crippen LogP contribution in [0.1, 0.15) is 78.1 Å². The van der Waals surface area contributed by atoms with Gasteiger partial charge >= 0.3 is 0 Å². The Morgan fingerprint density at radius 3 is 2.82 bits per heavy atom. The number of carbonyl (C=O) groups excluding carboxylic acids is 1. The highest BCUT2D eigenvalue weighted by atomic mass is 16.1. The average molecular weight is 237 g/mol. The molecule has 1 rings (SSSR count). The van der Waals surface area contributed by atoms with Gasteiger partial charge in [0.05, 0.1) is 0 Å². The van der Waals surface area contributed by atoms with Crippen molar-refractivity contribution in [2.75, 3.05) is 0 Å². The summed E-state index contributed by atoms with van der Waals surface area (Å²) < 4.78 is 0. The summed E-state index contributed by atoms with van der Waals surface area (Å²) in [6, 6.07) is 0.550. The lowest BCUT2D eigenvalue weighted by Gasteiger charge is -2.19. The second-order valence-corrected chi connectivity index (χ2v) is 5.17. The fourth-order valence-corrected chi connectivity index (χ4v) is 2.44. The van der Waals surface area contributed by atoms with E-state index in [-0.39, 0.29) is 0 Å². The fourth-order valence-electron chi connectivity index (χ4n) is 2.44. The molecular weight excluding hydrogens is 210 g/mol. The number of nitrogens with zero attached hydrogens (tertiary/aromatic N) is 1. The first-order valence-corrected chi connectivity index (χ1v) is 7.33. The predicted molar refractivity (Wildman–Crippen MR) is 73.7 cm³/mol. The summed E-state index contributed by atoms with van der Waals surface area (Å²) in [6.07, 6.45) is 10.6. The monoisotopic (exact) mass is 237 g/mol. The van der Waals surface area contributed by atoms with Crippen molar-refractivity contribution in [1.29, 1.82) is 0 Å². The van der Waals surface area contributed by atoms with Crippen molar-refractivity contribution in [3.05, 3.63) is 0 Å². The van der Waals surface area contributed by atoms with Gasteiger partial charge in [-0.15, -0.1) is 0 Å². The zero-order valence-electron chi connectivity index (χ0n) is 11.5. The van der Waals surface area contributed by atoms with Crippen LogP contribution in [0.15, 0.2) is 4.99 Å². The number of aliphatic imine (C=N–C) groups is 1. The maximum atomic E-state index is 11.6. The van der Waals surface area contributed by atoms with E-state index >= 15 is 0 Å². The predicted octanol–water partition coefficient (Wildman–Crippen LogP) is 4.32. The lowest BCUT2D eigenvalue weighted by Crippen LogP contribution is -2.16. The largest absolute Gasteiger partial charge is 0.300 e. The summed E-state index contributed by atoms with van der Waals surface area (Å²) in [4.78, 5) is 16.4. The molecular formula is C15H27NO. The maximum absolute atomic E-state index is 11.6. The first-order chi connectivity index (χ1) is 8.26. The minimum Gasteiger partial charge on any atom is -0.300 e. The summed E-state index contributed by atoms with van der Waals surface area (Å²) in [5, 5.41) is 0. The van der Waals surface area contributed by atoms with E-state index in [1.807, 2.05) is 0 Å². The molecule has 1 heterocycles. The van der Waals surface area contributed by atoms with Crippen LogP contribution < -0.4 is 0 Å². The van der Waals surface area contributed by atoms with Gasteiger partial charge in [-0.25, -0.2) is 0 Å². The van der Waals surface area contributed by atoms with Crippen LogP contribution in [0.3, 0.4) is 0 Å². The molecule has 2 nitrogen and oxygen atoms in total.